The van der Waals surface area contributed by atoms with Crippen LogP contribution in [0.1, 0.15) is 23.9 Å². The highest BCUT2D eigenvalue weighted by molar-refractivity contribution is 5.81. The molecule has 0 bridgehead atoms. The Bertz CT molecular complexity index is 901. The SMILES string of the molecule is CCc1c(C)[nH]c(Nc2nc(C)c3ccccc3n2)nc1=O. The largest absolute Gasteiger partial charge is 0.329 e. The zero-order valence-corrected chi connectivity index (χ0v) is 12.8. The summed E-state index contributed by atoms with van der Waals surface area (Å²) >= 11 is 0. The van der Waals surface area contributed by atoms with Gasteiger partial charge in [-0.15, -0.1) is 0 Å². The monoisotopic (exact) mass is 295 g/mol. The minimum absolute atomic E-state index is 0.223. The Labute approximate surface area is 127 Å². The van der Waals surface area contributed by atoms with Gasteiger partial charge in [0.2, 0.25) is 11.9 Å². The van der Waals surface area contributed by atoms with E-state index in [1.165, 1.54) is 0 Å². The molecule has 2 heterocycles. The van der Waals surface area contributed by atoms with Crippen LogP contribution >= 0.6 is 0 Å². The van der Waals surface area contributed by atoms with Crippen molar-refractivity contribution in [1.82, 2.24) is 19.9 Å². The Balaban J connectivity index is 2.02. The van der Waals surface area contributed by atoms with Crippen molar-refractivity contribution in [2.45, 2.75) is 27.2 Å². The quantitative estimate of drug-likeness (QED) is 0.776. The molecule has 1 aromatic carbocycles. The number of hydrogen-bond donors (Lipinski definition) is 2. The van der Waals surface area contributed by atoms with Gasteiger partial charge < -0.3 is 4.98 Å². The van der Waals surface area contributed by atoms with E-state index in [1.54, 1.807) is 0 Å². The van der Waals surface area contributed by atoms with E-state index < -0.39 is 0 Å². The summed E-state index contributed by atoms with van der Waals surface area (Å²) in [5.41, 5.74) is 3.00. The van der Waals surface area contributed by atoms with Crippen LogP contribution in [0.5, 0.6) is 0 Å². The zero-order chi connectivity index (χ0) is 15.7. The number of nitrogens with zero attached hydrogens (tertiary/aromatic N) is 3. The molecule has 6 nitrogen and oxygen atoms in total. The molecule has 0 amide bonds. The van der Waals surface area contributed by atoms with Crippen molar-refractivity contribution in [1.29, 1.82) is 0 Å². The summed E-state index contributed by atoms with van der Waals surface area (Å²) < 4.78 is 0. The number of aromatic amines is 1. The minimum atomic E-state index is -0.223. The van der Waals surface area contributed by atoms with Gasteiger partial charge in [-0.3, -0.25) is 10.1 Å². The lowest BCUT2D eigenvalue weighted by atomic mass is 10.2. The fourth-order valence-corrected chi connectivity index (χ4v) is 2.48. The van der Waals surface area contributed by atoms with Gasteiger partial charge in [0.05, 0.1) is 11.2 Å². The van der Waals surface area contributed by atoms with Crippen LogP contribution in [0.3, 0.4) is 0 Å². The molecule has 3 aromatic rings. The molecule has 2 aromatic heterocycles. The number of aryl methyl sites for hydroxylation is 2. The number of nitrogens with one attached hydrogen (secondary N) is 2. The Morgan fingerprint density at radius 3 is 2.64 bits per heavy atom. The second kappa shape index (κ2) is 5.55. The minimum Gasteiger partial charge on any atom is -0.329 e. The summed E-state index contributed by atoms with van der Waals surface area (Å²) in [4.78, 5) is 27.9. The molecule has 0 aliphatic rings. The normalized spacial score (nSPS) is 10.9. The lowest BCUT2D eigenvalue weighted by molar-refractivity contribution is 0.961. The molecule has 22 heavy (non-hydrogen) atoms. The zero-order valence-electron chi connectivity index (χ0n) is 12.8. The maximum absolute atomic E-state index is 11.9. The highest BCUT2D eigenvalue weighted by atomic mass is 16.1. The van der Waals surface area contributed by atoms with Crippen molar-refractivity contribution in [3.63, 3.8) is 0 Å². The first-order valence-corrected chi connectivity index (χ1v) is 7.18. The summed E-state index contributed by atoms with van der Waals surface area (Å²) in [5.74, 6) is 0.775. The Kier molecular flexibility index (Phi) is 3.58. The van der Waals surface area contributed by atoms with E-state index in [0.29, 0.717) is 23.9 Å². The summed E-state index contributed by atoms with van der Waals surface area (Å²) in [7, 11) is 0. The first-order chi connectivity index (χ1) is 10.6. The average Bonchev–Trinajstić information content (AvgIpc) is 2.47. The predicted molar refractivity (Wildman–Crippen MR) is 86.5 cm³/mol. The maximum Gasteiger partial charge on any atom is 0.277 e. The first-order valence-electron chi connectivity index (χ1n) is 7.18. The number of para-hydroxylation sites is 1. The molecule has 0 fully saturated rings. The molecule has 2 N–H and O–H groups in total. The molecule has 0 radical (unpaired) electrons. The molecule has 6 heteroatoms. The molecule has 0 saturated heterocycles. The van der Waals surface area contributed by atoms with Crippen LogP contribution in [-0.4, -0.2) is 19.9 Å². The smallest absolute Gasteiger partial charge is 0.277 e. The molecule has 0 aliphatic heterocycles. The number of H-pyrrole nitrogens is 1. The summed E-state index contributed by atoms with van der Waals surface area (Å²) in [5, 5.41) is 3.99. The third-order valence-corrected chi connectivity index (χ3v) is 3.61. The number of anilines is 2. The van der Waals surface area contributed by atoms with E-state index in [2.05, 4.69) is 25.3 Å². The molecular weight excluding hydrogens is 278 g/mol. The Morgan fingerprint density at radius 1 is 1.14 bits per heavy atom. The van der Waals surface area contributed by atoms with Gasteiger partial charge in [-0.2, -0.15) is 4.98 Å². The number of hydrogen-bond acceptors (Lipinski definition) is 5. The molecule has 0 saturated carbocycles. The van der Waals surface area contributed by atoms with E-state index >= 15 is 0 Å². The predicted octanol–water partition coefficient (Wildman–Crippen LogP) is 2.64. The summed E-state index contributed by atoms with van der Waals surface area (Å²) in [6.45, 7) is 5.72. The molecule has 112 valence electrons. The van der Waals surface area contributed by atoms with Gasteiger partial charge in [0.15, 0.2) is 0 Å². The van der Waals surface area contributed by atoms with Crippen molar-refractivity contribution in [2.24, 2.45) is 0 Å². The Hall–Kier alpha value is -2.76. The van der Waals surface area contributed by atoms with E-state index in [4.69, 9.17) is 0 Å². The van der Waals surface area contributed by atoms with Crippen LogP contribution in [0.25, 0.3) is 10.9 Å². The third kappa shape index (κ3) is 2.55. The van der Waals surface area contributed by atoms with Crippen molar-refractivity contribution in [2.75, 3.05) is 5.32 Å². The van der Waals surface area contributed by atoms with Crippen molar-refractivity contribution in [3.05, 3.63) is 51.6 Å². The highest BCUT2D eigenvalue weighted by Crippen LogP contribution is 2.18. The fraction of sp³-hybridized carbons (Fsp3) is 0.250. The summed E-state index contributed by atoms with van der Waals surface area (Å²) in [6, 6.07) is 7.79. The number of benzene rings is 1. The number of fused-ring (bicyclic) bond motifs is 1. The average molecular weight is 295 g/mol. The number of aromatic nitrogens is 4. The maximum atomic E-state index is 11.9. The molecule has 0 atom stereocenters. The van der Waals surface area contributed by atoms with E-state index in [-0.39, 0.29) is 5.56 Å². The van der Waals surface area contributed by atoms with Crippen LogP contribution in [-0.2, 0) is 6.42 Å². The van der Waals surface area contributed by atoms with Gasteiger partial charge in [-0.05, 0) is 26.3 Å². The molecule has 0 spiro atoms. The van der Waals surface area contributed by atoms with Crippen LogP contribution in [0, 0.1) is 13.8 Å². The van der Waals surface area contributed by atoms with Gasteiger partial charge in [0.25, 0.3) is 5.56 Å². The number of rotatable bonds is 3. The second-order valence-electron chi connectivity index (χ2n) is 5.12. The lowest BCUT2D eigenvalue weighted by Gasteiger charge is -2.09. The molecular formula is C16H17N5O. The van der Waals surface area contributed by atoms with Gasteiger partial charge >= 0.3 is 0 Å². The van der Waals surface area contributed by atoms with Crippen molar-refractivity contribution < 1.29 is 0 Å². The van der Waals surface area contributed by atoms with Crippen LogP contribution in [0.2, 0.25) is 0 Å². The lowest BCUT2D eigenvalue weighted by Crippen LogP contribution is -2.18. The molecule has 3 rings (SSSR count). The highest BCUT2D eigenvalue weighted by Gasteiger charge is 2.09. The van der Waals surface area contributed by atoms with Crippen molar-refractivity contribution >= 4 is 22.8 Å². The van der Waals surface area contributed by atoms with E-state index in [0.717, 1.165) is 22.3 Å². The topological polar surface area (TPSA) is 83.6 Å². The van der Waals surface area contributed by atoms with Crippen LogP contribution < -0.4 is 10.9 Å². The summed E-state index contributed by atoms with van der Waals surface area (Å²) in [6.07, 6.45) is 0.653. The van der Waals surface area contributed by atoms with Crippen LogP contribution in [0.15, 0.2) is 29.1 Å². The molecule has 0 unspecified atom stereocenters. The van der Waals surface area contributed by atoms with E-state index in [1.807, 2.05) is 45.0 Å². The Morgan fingerprint density at radius 2 is 1.91 bits per heavy atom. The second-order valence-corrected chi connectivity index (χ2v) is 5.12. The van der Waals surface area contributed by atoms with Crippen LogP contribution in [0.4, 0.5) is 11.9 Å². The molecule has 0 aliphatic carbocycles. The van der Waals surface area contributed by atoms with Crippen molar-refractivity contribution in [3.8, 4) is 0 Å². The third-order valence-electron chi connectivity index (χ3n) is 3.61. The fourth-order valence-electron chi connectivity index (χ4n) is 2.48. The van der Waals surface area contributed by atoms with Gasteiger partial charge in [0.1, 0.15) is 0 Å². The standard InChI is InChI=1S/C16H17N5O/c1-4-11-9(2)17-16(20-14(11)22)21-15-18-10(3)12-7-5-6-8-13(12)19-15/h5-8H,4H2,1-3H3,(H2,17,18,19,20,21,22). The first kappa shape index (κ1) is 14.2. The van der Waals surface area contributed by atoms with Gasteiger partial charge in [0, 0.05) is 16.6 Å². The van der Waals surface area contributed by atoms with Gasteiger partial charge in [-0.25, -0.2) is 9.97 Å². The van der Waals surface area contributed by atoms with E-state index in [9.17, 15) is 4.79 Å². The van der Waals surface area contributed by atoms with Gasteiger partial charge in [-0.1, -0.05) is 25.1 Å².